The fourth-order valence-corrected chi connectivity index (χ4v) is 4.35. The van der Waals surface area contributed by atoms with Gasteiger partial charge in [-0.05, 0) is 48.7 Å². The number of alkyl halides is 3. The summed E-state index contributed by atoms with van der Waals surface area (Å²) in [5.74, 6) is -0.414. The van der Waals surface area contributed by atoms with Crippen LogP contribution in [0.15, 0.2) is 41.8 Å². The molecule has 3 rings (SSSR count). The van der Waals surface area contributed by atoms with Gasteiger partial charge in [0, 0.05) is 17.5 Å². The van der Waals surface area contributed by atoms with E-state index >= 15 is 0 Å². The minimum absolute atomic E-state index is 0.155. The summed E-state index contributed by atoms with van der Waals surface area (Å²) in [5, 5.41) is 5.28. The van der Waals surface area contributed by atoms with Gasteiger partial charge in [-0.2, -0.15) is 13.2 Å². The first-order valence-electron chi connectivity index (χ1n) is 11.6. The molecule has 3 aromatic rings. The highest BCUT2D eigenvalue weighted by molar-refractivity contribution is 7.13. The number of unbranched alkanes of at least 4 members (excludes halogenated alkanes) is 5. The summed E-state index contributed by atoms with van der Waals surface area (Å²) >= 11 is 1.30. The Kier molecular flexibility index (Phi) is 9.33. The molecule has 2 aromatic carbocycles. The number of halogens is 4. The monoisotopic (exact) mass is 494 g/mol. The number of rotatable bonds is 12. The van der Waals surface area contributed by atoms with Crippen LogP contribution in [-0.4, -0.2) is 11.6 Å². The van der Waals surface area contributed by atoms with Gasteiger partial charge in [0.05, 0.1) is 17.9 Å². The SMILES string of the molecule is CCCCCCCCOc1ccc(Nc2nc(Cc3ccc(F)c(C)c3)cs2)cc1C(F)(F)F. The second-order valence-corrected chi connectivity index (χ2v) is 9.21. The Morgan fingerprint density at radius 2 is 1.76 bits per heavy atom. The Balaban J connectivity index is 1.62. The van der Waals surface area contributed by atoms with E-state index in [-0.39, 0.29) is 23.9 Å². The fourth-order valence-electron chi connectivity index (χ4n) is 3.61. The van der Waals surface area contributed by atoms with Gasteiger partial charge in [0.2, 0.25) is 0 Å². The highest BCUT2D eigenvalue weighted by atomic mass is 32.1. The molecular formula is C26H30F4N2OS. The third-order valence-electron chi connectivity index (χ3n) is 5.45. The number of ether oxygens (including phenoxy) is 1. The normalized spacial score (nSPS) is 11.6. The van der Waals surface area contributed by atoms with Gasteiger partial charge in [0.1, 0.15) is 11.6 Å². The molecule has 0 aliphatic heterocycles. The Labute approximate surface area is 202 Å². The molecule has 0 bridgehead atoms. The molecule has 1 aromatic heterocycles. The molecule has 0 amide bonds. The molecule has 0 atom stereocenters. The average Bonchev–Trinajstić information content (AvgIpc) is 3.22. The summed E-state index contributed by atoms with van der Waals surface area (Å²) in [7, 11) is 0. The van der Waals surface area contributed by atoms with E-state index in [1.165, 1.54) is 29.9 Å². The van der Waals surface area contributed by atoms with E-state index in [1.54, 1.807) is 25.1 Å². The number of hydrogen-bond acceptors (Lipinski definition) is 4. The molecule has 3 nitrogen and oxygen atoms in total. The lowest BCUT2D eigenvalue weighted by Gasteiger charge is -2.15. The number of aromatic nitrogens is 1. The molecule has 8 heteroatoms. The Bertz CT molecular complexity index is 1070. The Hall–Kier alpha value is -2.61. The van der Waals surface area contributed by atoms with Crippen molar-refractivity contribution in [2.24, 2.45) is 0 Å². The van der Waals surface area contributed by atoms with Gasteiger partial charge in [-0.1, -0.05) is 51.2 Å². The molecule has 0 saturated carbocycles. The Morgan fingerprint density at radius 1 is 1.00 bits per heavy atom. The van der Waals surface area contributed by atoms with Crippen molar-refractivity contribution in [2.75, 3.05) is 11.9 Å². The average molecular weight is 495 g/mol. The van der Waals surface area contributed by atoms with E-state index in [9.17, 15) is 17.6 Å². The lowest BCUT2D eigenvalue weighted by molar-refractivity contribution is -0.138. The van der Waals surface area contributed by atoms with Crippen molar-refractivity contribution in [3.05, 3.63) is 70.0 Å². The van der Waals surface area contributed by atoms with Crippen LogP contribution in [0, 0.1) is 12.7 Å². The van der Waals surface area contributed by atoms with Crippen LogP contribution in [0.4, 0.5) is 28.4 Å². The second-order valence-electron chi connectivity index (χ2n) is 8.35. The van der Waals surface area contributed by atoms with Crippen LogP contribution in [0.1, 0.15) is 67.8 Å². The number of aryl methyl sites for hydroxylation is 1. The smallest absolute Gasteiger partial charge is 0.420 e. The third kappa shape index (κ3) is 7.72. The van der Waals surface area contributed by atoms with Crippen molar-refractivity contribution < 1.29 is 22.3 Å². The van der Waals surface area contributed by atoms with Crippen molar-refractivity contribution in [3.63, 3.8) is 0 Å². The van der Waals surface area contributed by atoms with Crippen LogP contribution in [0.25, 0.3) is 0 Å². The quantitative estimate of drug-likeness (QED) is 0.202. The summed E-state index contributed by atoms with van der Waals surface area (Å²) < 4.78 is 59.9. The minimum atomic E-state index is -4.53. The van der Waals surface area contributed by atoms with E-state index in [2.05, 4.69) is 17.2 Å². The first kappa shape index (κ1) is 26.0. The van der Waals surface area contributed by atoms with Crippen LogP contribution < -0.4 is 10.1 Å². The predicted octanol–water partition coefficient (Wildman–Crippen LogP) is 8.68. The van der Waals surface area contributed by atoms with Crippen LogP contribution >= 0.6 is 11.3 Å². The third-order valence-corrected chi connectivity index (χ3v) is 6.26. The number of benzene rings is 2. The first-order valence-corrected chi connectivity index (χ1v) is 12.4. The molecule has 0 unspecified atom stereocenters. The van der Waals surface area contributed by atoms with Crippen LogP contribution in [0.5, 0.6) is 5.75 Å². The molecule has 0 fully saturated rings. The van der Waals surface area contributed by atoms with Crippen LogP contribution in [0.3, 0.4) is 0 Å². The molecule has 0 aliphatic carbocycles. The van der Waals surface area contributed by atoms with E-state index in [4.69, 9.17) is 4.74 Å². The van der Waals surface area contributed by atoms with Gasteiger partial charge in [0.15, 0.2) is 5.13 Å². The van der Waals surface area contributed by atoms with Gasteiger partial charge in [-0.25, -0.2) is 9.37 Å². The van der Waals surface area contributed by atoms with E-state index in [0.717, 1.165) is 49.4 Å². The van der Waals surface area contributed by atoms with Crippen molar-refractivity contribution in [1.29, 1.82) is 0 Å². The summed E-state index contributed by atoms with van der Waals surface area (Å²) in [5.41, 5.74) is 1.72. The van der Waals surface area contributed by atoms with Crippen LogP contribution in [0.2, 0.25) is 0 Å². The number of thiazole rings is 1. The van der Waals surface area contributed by atoms with E-state index < -0.39 is 11.7 Å². The van der Waals surface area contributed by atoms with Gasteiger partial charge < -0.3 is 10.1 Å². The molecular weight excluding hydrogens is 464 g/mol. The summed E-state index contributed by atoms with van der Waals surface area (Å²) in [4.78, 5) is 4.46. The van der Waals surface area contributed by atoms with Crippen molar-refractivity contribution in [3.8, 4) is 5.75 Å². The maximum absolute atomic E-state index is 13.6. The zero-order chi connectivity index (χ0) is 24.6. The van der Waals surface area contributed by atoms with Crippen molar-refractivity contribution >= 4 is 22.2 Å². The first-order chi connectivity index (χ1) is 16.3. The number of nitrogens with zero attached hydrogens (tertiary/aromatic N) is 1. The topological polar surface area (TPSA) is 34.1 Å². The highest BCUT2D eigenvalue weighted by Gasteiger charge is 2.34. The highest BCUT2D eigenvalue weighted by Crippen LogP contribution is 2.38. The summed E-state index contributed by atoms with van der Waals surface area (Å²) in [6, 6.07) is 8.87. The number of hydrogen-bond donors (Lipinski definition) is 1. The Morgan fingerprint density at radius 3 is 2.50 bits per heavy atom. The van der Waals surface area contributed by atoms with E-state index in [0.29, 0.717) is 17.1 Å². The predicted molar refractivity (Wildman–Crippen MR) is 130 cm³/mol. The molecule has 184 valence electrons. The lowest BCUT2D eigenvalue weighted by Crippen LogP contribution is -2.10. The lowest BCUT2D eigenvalue weighted by atomic mass is 10.1. The van der Waals surface area contributed by atoms with Crippen molar-refractivity contribution in [2.45, 2.75) is 65.0 Å². The van der Waals surface area contributed by atoms with Gasteiger partial charge >= 0.3 is 6.18 Å². The van der Waals surface area contributed by atoms with Gasteiger partial charge in [0.25, 0.3) is 0 Å². The van der Waals surface area contributed by atoms with E-state index in [1.807, 2.05) is 5.38 Å². The maximum atomic E-state index is 13.6. The number of nitrogens with one attached hydrogen (secondary N) is 1. The standard InChI is InChI=1S/C26H30F4N2OS/c1-3-4-5-6-7-8-13-33-24-12-10-20(16-22(24)26(28,29)30)31-25-32-21(17-34-25)15-19-9-11-23(27)18(2)14-19/h9-12,14,16-17H,3-8,13,15H2,1-2H3,(H,31,32). The fraction of sp³-hybridized carbons (Fsp3) is 0.423. The molecule has 1 N–H and O–H groups in total. The number of anilines is 2. The zero-order valence-electron chi connectivity index (χ0n) is 19.5. The zero-order valence-corrected chi connectivity index (χ0v) is 20.3. The summed E-state index contributed by atoms with van der Waals surface area (Å²) in [6.07, 6.45) is 2.22. The minimum Gasteiger partial charge on any atom is -0.493 e. The molecule has 34 heavy (non-hydrogen) atoms. The second kappa shape index (κ2) is 12.2. The molecule has 0 spiro atoms. The summed E-state index contributed by atoms with van der Waals surface area (Å²) in [6.45, 7) is 4.11. The van der Waals surface area contributed by atoms with Gasteiger partial charge in [-0.3, -0.25) is 0 Å². The maximum Gasteiger partial charge on any atom is 0.420 e. The van der Waals surface area contributed by atoms with Crippen molar-refractivity contribution in [1.82, 2.24) is 4.98 Å². The largest absolute Gasteiger partial charge is 0.493 e. The van der Waals surface area contributed by atoms with Crippen LogP contribution in [-0.2, 0) is 12.6 Å². The molecule has 0 aliphatic rings. The molecule has 1 heterocycles. The molecule has 0 radical (unpaired) electrons. The van der Waals surface area contributed by atoms with Gasteiger partial charge in [-0.15, -0.1) is 11.3 Å². The molecule has 0 saturated heterocycles.